The second-order valence-electron chi connectivity index (χ2n) is 7.35. The first-order valence-electron chi connectivity index (χ1n) is 9.10. The number of amides is 1. The molecule has 2 atom stereocenters. The molecule has 2 aromatic rings. The predicted molar refractivity (Wildman–Crippen MR) is 94.9 cm³/mol. The van der Waals surface area contributed by atoms with Crippen molar-refractivity contribution in [3.05, 3.63) is 47.9 Å². The number of aryl methyl sites for hydroxylation is 1. The minimum Gasteiger partial charge on any atom is -0.481 e. The minimum atomic E-state index is -0.937. The molecular formula is C19H22N4O4. The molecule has 1 amide bonds. The zero-order chi connectivity index (χ0) is 19.0. The van der Waals surface area contributed by atoms with Crippen molar-refractivity contribution in [2.45, 2.75) is 19.9 Å². The van der Waals surface area contributed by atoms with Crippen LogP contribution in [0.1, 0.15) is 28.7 Å². The van der Waals surface area contributed by atoms with Crippen molar-refractivity contribution < 1.29 is 19.1 Å². The van der Waals surface area contributed by atoms with Crippen molar-refractivity contribution in [2.24, 2.45) is 11.3 Å². The molecule has 2 saturated heterocycles. The maximum atomic E-state index is 12.8. The minimum absolute atomic E-state index is 0.104. The molecule has 0 spiro atoms. The smallest absolute Gasteiger partial charge is 0.313 e. The summed E-state index contributed by atoms with van der Waals surface area (Å²) < 4.78 is 5.26. The van der Waals surface area contributed by atoms with Crippen LogP contribution in [0.15, 0.2) is 35.3 Å². The molecule has 0 radical (unpaired) electrons. The first-order chi connectivity index (χ1) is 13.0. The molecule has 2 aliphatic heterocycles. The number of oxazole rings is 1. The second kappa shape index (κ2) is 6.77. The van der Waals surface area contributed by atoms with E-state index in [0.29, 0.717) is 44.1 Å². The molecule has 0 aromatic carbocycles. The maximum absolute atomic E-state index is 12.8. The third kappa shape index (κ3) is 2.99. The van der Waals surface area contributed by atoms with E-state index in [1.807, 2.05) is 19.1 Å². The van der Waals surface area contributed by atoms with Crippen molar-refractivity contribution in [2.75, 3.05) is 26.2 Å². The molecule has 0 bridgehead atoms. The molecule has 8 nitrogen and oxygen atoms in total. The summed E-state index contributed by atoms with van der Waals surface area (Å²) in [6.07, 6.45) is 5.36. The van der Waals surface area contributed by atoms with E-state index in [2.05, 4.69) is 14.9 Å². The summed E-state index contributed by atoms with van der Waals surface area (Å²) >= 11 is 0. The fourth-order valence-electron chi connectivity index (χ4n) is 4.34. The Morgan fingerprint density at radius 1 is 1.37 bits per heavy atom. The van der Waals surface area contributed by atoms with Crippen molar-refractivity contribution in [3.8, 4) is 0 Å². The van der Waals surface area contributed by atoms with Gasteiger partial charge in [-0.2, -0.15) is 0 Å². The lowest BCUT2D eigenvalue weighted by atomic mass is 9.81. The van der Waals surface area contributed by atoms with Gasteiger partial charge in [-0.25, -0.2) is 4.98 Å². The highest BCUT2D eigenvalue weighted by Crippen LogP contribution is 2.43. The van der Waals surface area contributed by atoms with E-state index in [0.717, 1.165) is 5.56 Å². The molecule has 142 valence electrons. The number of pyridine rings is 1. The van der Waals surface area contributed by atoms with Gasteiger partial charge in [-0.05, 0) is 11.6 Å². The van der Waals surface area contributed by atoms with Gasteiger partial charge in [0.25, 0.3) is 5.91 Å². The summed E-state index contributed by atoms with van der Waals surface area (Å²) in [4.78, 5) is 36.9. The lowest BCUT2D eigenvalue weighted by molar-refractivity contribution is -0.148. The number of aromatic nitrogens is 2. The molecule has 0 saturated carbocycles. The summed E-state index contributed by atoms with van der Waals surface area (Å²) in [5.74, 6) is -0.644. The highest BCUT2D eigenvalue weighted by molar-refractivity contribution is 5.94. The van der Waals surface area contributed by atoms with Gasteiger partial charge in [0.1, 0.15) is 11.2 Å². The average molecular weight is 370 g/mol. The van der Waals surface area contributed by atoms with Gasteiger partial charge in [-0.1, -0.05) is 13.0 Å². The summed E-state index contributed by atoms with van der Waals surface area (Å²) in [5.41, 5.74) is 0.417. The van der Waals surface area contributed by atoms with Crippen molar-refractivity contribution in [3.63, 3.8) is 0 Å². The van der Waals surface area contributed by atoms with Gasteiger partial charge in [0.05, 0.1) is 0 Å². The lowest BCUT2D eigenvalue weighted by Crippen LogP contribution is -2.42. The van der Waals surface area contributed by atoms with Gasteiger partial charge < -0.3 is 14.4 Å². The molecule has 2 aromatic heterocycles. The quantitative estimate of drug-likeness (QED) is 0.846. The van der Waals surface area contributed by atoms with Crippen LogP contribution < -0.4 is 0 Å². The van der Waals surface area contributed by atoms with E-state index >= 15 is 0 Å². The lowest BCUT2D eigenvalue weighted by Gasteiger charge is -2.25. The first kappa shape index (κ1) is 17.7. The number of carboxylic acids is 1. The van der Waals surface area contributed by atoms with Crippen molar-refractivity contribution in [1.29, 1.82) is 0 Å². The van der Waals surface area contributed by atoms with Crippen molar-refractivity contribution in [1.82, 2.24) is 19.8 Å². The fraction of sp³-hybridized carbons (Fsp3) is 0.474. The molecular weight excluding hydrogens is 348 g/mol. The Kier molecular flexibility index (Phi) is 4.43. The van der Waals surface area contributed by atoms with Crippen LogP contribution in [0.25, 0.3) is 0 Å². The molecule has 4 heterocycles. The highest BCUT2D eigenvalue weighted by atomic mass is 16.4. The first-order valence-corrected chi connectivity index (χ1v) is 9.10. The van der Waals surface area contributed by atoms with E-state index in [9.17, 15) is 14.7 Å². The summed E-state index contributed by atoms with van der Waals surface area (Å²) in [5, 5.41) is 9.98. The Labute approximate surface area is 156 Å². The number of carbonyl (C=O) groups excluding carboxylic acids is 1. The van der Waals surface area contributed by atoms with E-state index in [-0.39, 0.29) is 18.4 Å². The van der Waals surface area contributed by atoms with Crippen molar-refractivity contribution >= 4 is 11.9 Å². The highest BCUT2D eigenvalue weighted by Gasteiger charge is 2.58. The number of nitrogens with zero attached hydrogens (tertiary/aromatic N) is 4. The Hall–Kier alpha value is -2.74. The molecule has 8 heteroatoms. The summed E-state index contributed by atoms with van der Waals surface area (Å²) in [6.45, 7) is 4.24. The SMILES string of the molecule is CCc1ocnc1C(=O)N1C[C@H]2CN(Cc3cccnc3)C[C@@]2(C(=O)O)C1. The molecule has 27 heavy (non-hydrogen) atoms. The Balaban J connectivity index is 1.51. The topological polar surface area (TPSA) is 99.8 Å². The Bertz CT molecular complexity index is 852. The van der Waals surface area contributed by atoms with E-state index in [1.165, 1.54) is 6.39 Å². The summed E-state index contributed by atoms with van der Waals surface area (Å²) in [7, 11) is 0. The Morgan fingerprint density at radius 2 is 2.22 bits per heavy atom. The fourth-order valence-corrected chi connectivity index (χ4v) is 4.34. The Morgan fingerprint density at radius 3 is 2.89 bits per heavy atom. The van der Waals surface area contributed by atoms with Gasteiger partial charge in [-0.3, -0.25) is 19.5 Å². The van der Waals surface area contributed by atoms with Crippen LogP contribution in [0.2, 0.25) is 0 Å². The predicted octanol–water partition coefficient (Wildman–Crippen LogP) is 1.29. The van der Waals surface area contributed by atoms with Gasteiger partial charge in [0.2, 0.25) is 0 Å². The molecule has 2 aliphatic rings. The van der Waals surface area contributed by atoms with Crippen LogP contribution in [0.5, 0.6) is 0 Å². The number of likely N-dealkylation sites (tertiary alicyclic amines) is 2. The van der Waals surface area contributed by atoms with Gasteiger partial charge in [-0.15, -0.1) is 0 Å². The van der Waals surface area contributed by atoms with Gasteiger partial charge in [0, 0.05) is 57.5 Å². The van der Waals surface area contributed by atoms with Gasteiger partial charge in [0.15, 0.2) is 12.1 Å². The van der Waals surface area contributed by atoms with Crippen LogP contribution >= 0.6 is 0 Å². The normalized spacial score (nSPS) is 24.9. The molecule has 0 aliphatic carbocycles. The number of carbonyl (C=O) groups is 2. The van der Waals surface area contributed by atoms with Crippen LogP contribution in [0.3, 0.4) is 0 Å². The standard InChI is InChI=1S/C19H22N4O4/c1-2-15-16(21-12-27-15)17(24)23-9-14-8-22(7-13-4-3-5-20-6-13)10-19(14,11-23)18(25)26/h3-6,12,14H,2,7-11H2,1H3,(H,25,26)/t14-,19-/m1/s1. The number of fused-ring (bicyclic) bond motifs is 1. The molecule has 0 unspecified atom stereocenters. The van der Waals surface area contributed by atoms with E-state index in [4.69, 9.17) is 4.42 Å². The summed E-state index contributed by atoms with van der Waals surface area (Å²) in [6, 6.07) is 3.87. The zero-order valence-corrected chi connectivity index (χ0v) is 15.2. The van der Waals surface area contributed by atoms with E-state index in [1.54, 1.807) is 17.3 Å². The van der Waals surface area contributed by atoms with Crippen LogP contribution in [0.4, 0.5) is 0 Å². The maximum Gasteiger partial charge on any atom is 0.313 e. The average Bonchev–Trinajstić information content (AvgIpc) is 3.34. The monoisotopic (exact) mass is 370 g/mol. The van der Waals surface area contributed by atoms with Crippen LogP contribution in [0, 0.1) is 11.3 Å². The number of aliphatic carboxylic acids is 1. The molecule has 4 rings (SSSR count). The third-order valence-electron chi connectivity index (χ3n) is 5.69. The molecule has 2 fully saturated rings. The zero-order valence-electron chi connectivity index (χ0n) is 15.2. The largest absolute Gasteiger partial charge is 0.481 e. The number of hydrogen-bond acceptors (Lipinski definition) is 6. The van der Waals surface area contributed by atoms with Gasteiger partial charge >= 0.3 is 5.97 Å². The number of hydrogen-bond donors (Lipinski definition) is 1. The third-order valence-corrected chi connectivity index (χ3v) is 5.69. The van der Waals surface area contributed by atoms with Crippen LogP contribution in [-0.2, 0) is 17.8 Å². The van der Waals surface area contributed by atoms with Crippen LogP contribution in [-0.4, -0.2) is 62.9 Å². The number of carboxylic acid groups (broad SMARTS) is 1. The van der Waals surface area contributed by atoms with E-state index < -0.39 is 11.4 Å². The number of rotatable bonds is 5. The molecule has 1 N–H and O–H groups in total. The second-order valence-corrected chi connectivity index (χ2v) is 7.35.